The molecular weight excluding hydrogens is 387 g/mol. The first-order valence-corrected chi connectivity index (χ1v) is 9.97. The van der Waals surface area contributed by atoms with Crippen LogP contribution in [-0.2, 0) is 9.59 Å². The van der Waals surface area contributed by atoms with Crippen LogP contribution in [0.5, 0.6) is 11.5 Å². The third-order valence-corrected chi connectivity index (χ3v) is 5.32. The van der Waals surface area contributed by atoms with Crippen LogP contribution in [0.25, 0.3) is 11.6 Å². The Morgan fingerprint density at radius 2 is 1.93 bits per heavy atom. The zero-order valence-corrected chi connectivity index (χ0v) is 16.7. The number of halogens is 1. The van der Waals surface area contributed by atoms with Gasteiger partial charge < -0.3 is 19.7 Å². The predicted octanol–water partition coefficient (Wildman–Crippen LogP) is 3.72. The van der Waals surface area contributed by atoms with Gasteiger partial charge in [0.1, 0.15) is 5.82 Å². The van der Waals surface area contributed by atoms with Crippen molar-refractivity contribution < 1.29 is 23.5 Å². The van der Waals surface area contributed by atoms with E-state index in [2.05, 4.69) is 5.32 Å². The van der Waals surface area contributed by atoms with E-state index in [4.69, 9.17) is 9.47 Å². The van der Waals surface area contributed by atoms with Crippen LogP contribution in [0.2, 0.25) is 0 Å². The van der Waals surface area contributed by atoms with Crippen molar-refractivity contribution in [1.29, 1.82) is 0 Å². The van der Waals surface area contributed by atoms with E-state index in [9.17, 15) is 14.0 Å². The number of rotatable bonds is 5. The van der Waals surface area contributed by atoms with Crippen molar-refractivity contribution in [2.45, 2.75) is 19.3 Å². The predicted molar refractivity (Wildman–Crippen MR) is 112 cm³/mol. The second-order valence-corrected chi connectivity index (χ2v) is 7.34. The average molecular weight is 410 g/mol. The summed E-state index contributed by atoms with van der Waals surface area (Å²) in [6.07, 6.45) is 4.88. The van der Waals surface area contributed by atoms with Crippen molar-refractivity contribution in [3.05, 3.63) is 53.3 Å². The maximum atomic E-state index is 13.6. The number of hydrogen-bond donors (Lipinski definition) is 1. The number of likely N-dealkylation sites (tertiary alicyclic amines) is 1. The molecule has 0 aliphatic carbocycles. The number of benzene rings is 2. The minimum absolute atomic E-state index is 0.0378. The van der Waals surface area contributed by atoms with E-state index in [1.165, 1.54) is 19.2 Å². The van der Waals surface area contributed by atoms with Crippen LogP contribution < -0.4 is 14.8 Å². The third kappa shape index (κ3) is 4.15. The van der Waals surface area contributed by atoms with E-state index in [1.54, 1.807) is 30.3 Å². The van der Waals surface area contributed by atoms with Gasteiger partial charge in [-0.15, -0.1) is 0 Å². The zero-order valence-electron chi connectivity index (χ0n) is 16.7. The lowest BCUT2D eigenvalue weighted by atomic mass is 10.0. The normalized spacial score (nSPS) is 16.9. The van der Waals surface area contributed by atoms with Crippen LogP contribution in [0.3, 0.4) is 0 Å². The fourth-order valence-electron chi connectivity index (χ4n) is 3.74. The first-order valence-electron chi connectivity index (χ1n) is 9.97. The second kappa shape index (κ2) is 8.57. The summed E-state index contributed by atoms with van der Waals surface area (Å²) in [7, 11) is 1.51. The molecule has 2 heterocycles. The van der Waals surface area contributed by atoms with Gasteiger partial charge in [-0.25, -0.2) is 4.39 Å². The van der Waals surface area contributed by atoms with Crippen LogP contribution in [0.4, 0.5) is 10.1 Å². The van der Waals surface area contributed by atoms with Crippen molar-refractivity contribution in [3.63, 3.8) is 0 Å². The molecule has 30 heavy (non-hydrogen) atoms. The zero-order chi connectivity index (χ0) is 21.1. The summed E-state index contributed by atoms with van der Waals surface area (Å²) in [6.45, 7) is 1.50. The quantitative estimate of drug-likeness (QED) is 0.763. The first kappa shape index (κ1) is 19.9. The Morgan fingerprint density at radius 3 is 2.70 bits per heavy atom. The Balaban J connectivity index is 1.51. The molecule has 2 aliphatic heterocycles. The van der Waals surface area contributed by atoms with E-state index in [0.29, 0.717) is 33.9 Å². The Kier molecular flexibility index (Phi) is 5.70. The summed E-state index contributed by atoms with van der Waals surface area (Å²) in [5, 5.41) is 2.73. The Labute approximate surface area is 174 Å². The standard InChI is InChI=1S/C23H23FN2O4/c1-29-21-12-15(11-18-17-13-16(24)6-7-19(17)25-23(18)28)5-8-20(21)30-14-22(27)26-9-3-2-4-10-26/h5-8,11-13H,2-4,9-10,14H2,1H3,(H,25,28)/b18-11-. The summed E-state index contributed by atoms with van der Waals surface area (Å²) >= 11 is 0. The summed E-state index contributed by atoms with van der Waals surface area (Å²) in [5.74, 6) is 0.170. The number of hydrogen-bond acceptors (Lipinski definition) is 4. The van der Waals surface area contributed by atoms with Crippen molar-refractivity contribution in [1.82, 2.24) is 4.90 Å². The number of carbonyl (C=O) groups excluding carboxylic acids is 2. The summed E-state index contributed by atoms with van der Waals surface area (Å²) in [6, 6.07) is 9.37. The fourth-order valence-corrected chi connectivity index (χ4v) is 3.74. The molecule has 7 heteroatoms. The highest BCUT2D eigenvalue weighted by Crippen LogP contribution is 2.35. The first-order chi connectivity index (χ1) is 14.5. The SMILES string of the molecule is COc1cc(/C=C2\C(=O)Nc3ccc(F)cc32)ccc1OCC(=O)N1CCCCC1. The molecule has 0 atom stereocenters. The molecule has 0 spiro atoms. The highest BCUT2D eigenvalue weighted by atomic mass is 19.1. The van der Waals surface area contributed by atoms with Crippen molar-refractivity contribution in [2.75, 3.05) is 32.1 Å². The van der Waals surface area contributed by atoms with Gasteiger partial charge in [0, 0.05) is 29.9 Å². The van der Waals surface area contributed by atoms with Crippen LogP contribution >= 0.6 is 0 Å². The number of nitrogens with zero attached hydrogens (tertiary/aromatic N) is 1. The Morgan fingerprint density at radius 1 is 1.13 bits per heavy atom. The largest absolute Gasteiger partial charge is 0.493 e. The lowest BCUT2D eigenvalue weighted by molar-refractivity contribution is -0.134. The number of nitrogens with one attached hydrogen (secondary N) is 1. The van der Waals surface area contributed by atoms with E-state index in [-0.39, 0.29) is 18.4 Å². The minimum atomic E-state index is -0.407. The van der Waals surface area contributed by atoms with Gasteiger partial charge in [0.15, 0.2) is 18.1 Å². The van der Waals surface area contributed by atoms with E-state index >= 15 is 0 Å². The van der Waals surface area contributed by atoms with Gasteiger partial charge in [0.05, 0.1) is 7.11 Å². The molecule has 6 nitrogen and oxygen atoms in total. The molecule has 2 aromatic carbocycles. The monoisotopic (exact) mass is 410 g/mol. The number of fused-ring (bicyclic) bond motifs is 1. The fraction of sp³-hybridized carbons (Fsp3) is 0.304. The van der Waals surface area contributed by atoms with Crippen molar-refractivity contribution in [3.8, 4) is 11.5 Å². The summed E-state index contributed by atoms with van der Waals surface area (Å²) < 4.78 is 24.7. The van der Waals surface area contributed by atoms with E-state index in [1.807, 2.05) is 4.90 Å². The van der Waals surface area contributed by atoms with Gasteiger partial charge in [0.25, 0.3) is 11.8 Å². The molecule has 0 aromatic heterocycles. The summed E-state index contributed by atoms with van der Waals surface area (Å²) in [5.41, 5.74) is 2.17. The Hall–Kier alpha value is -3.35. The molecule has 1 fully saturated rings. The molecule has 2 aliphatic rings. The van der Waals surface area contributed by atoms with Gasteiger partial charge in [-0.1, -0.05) is 6.07 Å². The van der Waals surface area contributed by atoms with Crippen LogP contribution in [-0.4, -0.2) is 43.5 Å². The van der Waals surface area contributed by atoms with Crippen molar-refractivity contribution in [2.24, 2.45) is 0 Å². The van der Waals surface area contributed by atoms with Crippen LogP contribution in [0.15, 0.2) is 36.4 Å². The topological polar surface area (TPSA) is 67.9 Å². The van der Waals surface area contributed by atoms with Gasteiger partial charge in [-0.2, -0.15) is 0 Å². The molecule has 4 rings (SSSR count). The highest BCUT2D eigenvalue weighted by molar-refractivity contribution is 6.34. The number of methoxy groups -OCH3 is 1. The Bertz CT molecular complexity index is 1010. The maximum absolute atomic E-state index is 13.6. The molecule has 1 N–H and O–H groups in total. The smallest absolute Gasteiger partial charge is 0.260 e. The maximum Gasteiger partial charge on any atom is 0.260 e. The van der Waals surface area contributed by atoms with Gasteiger partial charge >= 0.3 is 0 Å². The number of anilines is 1. The lowest BCUT2D eigenvalue weighted by Crippen LogP contribution is -2.38. The minimum Gasteiger partial charge on any atom is -0.493 e. The molecule has 0 saturated carbocycles. The van der Waals surface area contributed by atoms with Gasteiger partial charge in [0.2, 0.25) is 0 Å². The number of piperidine rings is 1. The number of carbonyl (C=O) groups is 2. The molecule has 1 saturated heterocycles. The molecule has 0 unspecified atom stereocenters. The number of amides is 2. The molecule has 0 radical (unpaired) electrons. The van der Waals surface area contributed by atoms with Gasteiger partial charge in [-0.05, 0) is 61.2 Å². The molecular formula is C23H23FN2O4. The second-order valence-electron chi connectivity index (χ2n) is 7.34. The molecule has 2 amide bonds. The van der Waals surface area contributed by atoms with E-state index in [0.717, 1.165) is 32.4 Å². The molecule has 156 valence electrons. The molecule has 0 bridgehead atoms. The van der Waals surface area contributed by atoms with Crippen molar-refractivity contribution >= 4 is 29.2 Å². The van der Waals surface area contributed by atoms with Gasteiger partial charge in [-0.3, -0.25) is 9.59 Å². The highest BCUT2D eigenvalue weighted by Gasteiger charge is 2.24. The van der Waals surface area contributed by atoms with Crippen LogP contribution in [0.1, 0.15) is 30.4 Å². The average Bonchev–Trinajstić information content (AvgIpc) is 3.07. The molecule has 2 aromatic rings. The lowest BCUT2D eigenvalue weighted by Gasteiger charge is -2.26. The third-order valence-electron chi connectivity index (χ3n) is 5.32. The van der Waals surface area contributed by atoms with Crippen LogP contribution in [0, 0.1) is 5.82 Å². The summed E-state index contributed by atoms with van der Waals surface area (Å²) in [4.78, 5) is 26.4. The van der Waals surface area contributed by atoms with E-state index < -0.39 is 5.82 Å². The number of ether oxygens (including phenoxy) is 2.